The molecule has 0 atom stereocenters. The fourth-order valence-corrected chi connectivity index (χ4v) is 2.07. The first kappa shape index (κ1) is 12.9. The molecule has 4 nitrogen and oxygen atoms in total. The van der Waals surface area contributed by atoms with E-state index in [2.05, 4.69) is 5.32 Å². The Hall–Kier alpha value is -1.55. The Morgan fingerprint density at radius 1 is 1.44 bits per heavy atom. The van der Waals surface area contributed by atoms with Crippen LogP contribution in [0.15, 0.2) is 24.3 Å². The van der Waals surface area contributed by atoms with E-state index < -0.39 is 0 Å². The maximum atomic E-state index is 12.1. The molecule has 1 aromatic rings. The van der Waals surface area contributed by atoms with Gasteiger partial charge in [0, 0.05) is 25.1 Å². The van der Waals surface area contributed by atoms with Gasteiger partial charge in [-0.25, -0.2) is 0 Å². The summed E-state index contributed by atoms with van der Waals surface area (Å²) >= 11 is 0. The lowest BCUT2D eigenvalue weighted by Crippen LogP contribution is -2.34. The fourth-order valence-electron chi connectivity index (χ4n) is 2.07. The van der Waals surface area contributed by atoms with Gasteiger partial charge in [0.1, 0.15) is 12.4 Å². The van der Waals surface area contributed by atoms with Gasteiger partial charge >= 0.3 is 0 Å². The molecule has 0 aliphatic carbocycles. The van der Waals surface area contributed by atoms with Crippen LogP contribution in [0.3, 0.4) is 0 Å². The third-order valence-electron chi connectivity index (χ3n) is 3.07. The minimum atomic E-state index is 0.191. The SMILES string of the molecule is CCNCCC(=O)N1CCOc2ccccc2C1. The van der Waals surface area contributed by atoms with Gasteiger partial charge in [0.2, 0.25) is 5.91 Å². The van der Waals surface area contributed by atoms with E-state index in [4.69, 9.17) is 4.74 Å². The van der Waals surface area contributed by atoms with Crippen LogP contribution < -0.4 is 10.1 Å². The van der Waals surface area contributed by atoms with Crippen LogP contribution in [0.5, 0.6) is 5.75 Å². The first-order valence-corrected chi connectivity index (χ1v) is 6.50. The van der Waals surface area contributed by atoms with Gasteiger partial charge in [-0.15, -0.1) is 0 Å². The molecular weight excluding hydrogens is 228 g/mol. The van der Waals surface area contributed by atoms with Crippen LogP contribution in [0, 0.1) is 0 Å². The van der Waals surface area contributed by atoms with Crippen molar-refractivity contribution in [3.63, 3.8) is 0 Å². The van der Waals surface area contributed by atoms with E-state index in [1.807, 2.05) is 36.1 Å². The molecule has 0 aromatic heterocycles. The van der Waals surface area contributed by atoms with Crippen LogP contribution in [0.4, 0.5) is 0 Å². The normalized spacial score (nSPS) is 14.6. The number of ether oxygens (including phenoxy) is 1. The van der Waals surface area contributed by atoms with E-state index in [1.165, 1.54) is 0 Å². The zero-order valence-corrected chi connectivity index (χ0v) is 10.8. The summed E-state index contributed by atoms with van der Waals surface area (Å²) in [6.07, 6.45) is 0.552. The van der Waals surface area contributed by atoms with Gasteiger partial charge < -0.3 is 15.0 Å². The van der Waals surface area contributed by atoms with Gasteiger partial charge in [0.15, 0.2) is 0 Å². The molecular formula is C14H20N2O2. The molecule has 1 amide bonds. The highest BCUT2D eigenvalue weighted by Crippen LogP contribution is 2.22. The van der Waals surface area contributed by atoms with Gasteiger partial charge in [0.25, 0.3) is 0 Å². The highest BCUT2D eigenvalue weighted by Gasteiger charge is 2.18. The van der Waals surface area contributed by atoms with Crippen LogP contribution in [0.1, 0.15) is 18.9 Å². The molecule has 98 valence electrons. The Morgan fingerprint density at radius 3 is 3.11 bits per heavy atom. The minimum absolute atomic E-state index is 0.191. The van der Waals surface area contributed by atoms with Gasteiger partial charge in [-0.05, 0) is 12.6 Å². The first-order chi connectivity index (χ1) is 8.81. The molecule has 1 aromatic carbocycles. The number of nitrogens with zero attached hydrogens (tertiary/aromatic N) is 1. The number of para-hydroxylation sites is 1. The molecule has 1 aliphatic rings. The van der Waals surface area contributed by atoms with Gasteiger partial charge in [-0.1, -0.05) is 25.1 Å². The summed E-state index contributed by atoms with van der Waals surface area (Å²) in [4.78, 5) is 13.9. The van der Waals surface area contributed by atoms with Crippen molar-refractivity contribution >= 4 is 5.91 Å². The number of nitrogens with one attached hydrogen (secondary N) is 1. The van der Waals surface area contributed by atoms with Crippen LogP contribution >= 0.6 is 0 Å². The summed E-state index contributed by atoms with van der Waals surface area (Å²) in [5.74, 6) is 1.09. The molecule has 18 heavy (non-hydrogen) atoms. The molecule has 0 bridgehead atoms. The van der Waals surface area contributed by atoms with Crippen LogP contribution in [0.25, 0.3) is 0 Å². The van der Waals surface area contributed by atoms with Gasteiger partial charge in [-0.2, -0.15) is 0 Å². The average Bonchev–Trinajstić information content (AvgIpc) is 2.61. The molecule has 1 heterocycles. The van der Waals surface area contributed by atoms with E-state index >= 15 is 0 Å². The zero-order chi connectivity index (χ0) is 12.8. The molecule has 0 radical (unpaired) electrons. The Bertz CT molecular complexity index is 407. The van der Waals surface area contributed by atoms with Gasteiger partial charge in [-0.3, -0.25) is 4.79 Å². The van der Waals surface area contributed by atoms with E-state index in [1.54, 1.807) is 0 Å². The standard InChI is InChI=1S/C14H20N2O2/c1-2-15-8-7-14(17)16-9-10-18-13-6-4-3-5-12(13)11-16/h3-6,15H,2,7-11H2,1H3. The van der Waals surface area contributed by atoms with Crippen LogP contribution in [-0.2, 0) is 11.3 Å². The maximum Gasteiger partial charge on any atom is 0.224 e. The molecule has 0 saturated heterocycles. The van der Waals surface area contributed by atoms with Gasteiger partial charge in [0.05, 0.1) is 6.54 Å². The van der Waals surface area contributed by atoms with E-state index in [0.29, 0.717) is 26.1 Å². The first-order valence-electron chi connectivity index (χ1n) is 6.50. The topological polar surface area (TPSA) is 41.6 Å². The molecule has 0 fully saturated rings. The van der Waals surface area contributed by atoms with E-state index in [9.17, 15) is 4.79 Å². The predicted octanol–water partition coefficient (Wildman–Crippen LogP) is 1.41. The summed E-state index contributed by atoms with van der Waals surface area (Å²) < 4.78 is 5.64. The molecule has 0 saturated carbocycles. The van der Waals surface area contributed by atoms with Crippen molar-refractivity contribution in [1.29, 1.82) is 0 Å². The quantitative estimate of drug-likeness (QED) is 0.819. The lowest BCUT2D eigenvalue weighted by molar-refractivity contribution is -0.131. The molecule has 4 heteroatoms. The third-order valence-corrected chi connectivity index (χ3v) is 3.07. The van der Waals surface area contributed by atoms with Crippen molar-refractivity contribution in [2.24, 2.45) is 0 Å². The number of carbonyl (C=O) groups is 1. The Morgan fingerprint density at radius 2 is 2.28 bits per heavy atom. The molecule has 1 N–H and O–H groups in total. The van der Waals surface area contributed by atoms with Crippen molar-refractivity contribution < 1.29 is 9.53 Å². The Balaban J connectivity index is 1.97. The molecule has 2 rings (SSSR count). The minimum Gasteiger partial charge on any atom is -0.491 e. The predicted molar refractivity (Wildman–Crippen MR) is 70.5 cm³/mol. The van der Waals surface area contributed by atoms with E-state index in [0.717, 1.165) is 24.4 Å². The van der Waals surface area contributed by atoms with Crippen LogP contribution in [0.2, 0.25) is 0 Å². The second-order valence-corrected chi connectivity index (χ2v) is 4.38. The Kier molecular flexibility index (Phi) is 4.59. The number of rotatable bonds is 4. The lowest BCUT2D eigenvalue weighted by atomic mass is 10.2. The second kappa shape index (κ2) is 6.40. The summed E-state index contributed by atoms with van der Waals surface area (Å²) in [5, 5.41) is 3.17. The van der Waals surface area contributed by atoms with Crippen molar-refractivity contribution in [3.05, 3.63) is 29.8 Å². The molecule has 1 aliphatic heterocycles. The highest BCUT2D eigenvalue weighted by molar-refractivity contribution is 5.76. The fraction of sp³-hybridized carbons (Fsp3) is 0.500. The summed E-state index contributed by atoms with van der Waals surface area (Å²) in [6.45, 7) is 5.58. The monoisotopic (exact) mass is 248 g/mol. The van der Waals surface area contributed by atoms with Crippen molar-refractivity contribution in [2.75, 3.05) is 26.2 Å². The summed E-state index contributed by atoms with van der Waals surface area (Å²) in [7, 11) is 0. The molecule has 0 unspecified atom stereocenters. The zero-order valence-electron chi connectivity index (χ0n) is 10.8. The number of amides is 1. The van der Waals surface area contributed by atoms with Crippen molar-refractivity contribution in [2.45, 2.75) is 19.9 Å². The largest absolute Gasteiger partial charge is 0.491 e. The lowest BCUT2D eigenvalue weighted by Gasteiger charge is -2.19. The van der Waals surface area contributed by atoms with Crippen molar-refractivity contribution in [3.8, 4) is 5.75 Å². The highest BCUT2D eigenvalue weighted by atomic mass is 16.5. The van der Waals surface area contributed by atoms with Crippen molar-refractivity contribution in [1.82, 2.24) is 10.2 Å². The smallest absolute Gasteiger partial charge is 0.224 e. The number of fused-ring (bicyclic) bond motifs is 1. The second-order valence-electron chi connectivity index (χ2n) is 4.38. The number of hydrogen-bond acceptors (Lipinski definition) is 3. The molecule has 0 spiro atoms. The van der Waals surface area contributed by atoms with E-state index in [-0.39, 0.29) is 5.91 Å². The number of carbonyl (C=O) groups excluding carboxylic acids is 1. The average molecular weight is 248 g/mol. The Labute approximate surface area is 108 Å². The summed E-state index contributed by atoms with van der Waals surface area (Å²) in [5.41, 5.74) is 1.09. The maximum absolute atomic E-state index is 12.1. The summed E-state index contributed by atoms with van der Waals surface area (Å²) in [6, 6.07) is 7.92. The number of benzene rings is 1. The third kappa shape index (κ3) is 3.23. The number of hydrogen-bond donors (Lipinski definition) is 1. The van der Waals surface area contributed by atoms with Crippen LogP contribution in [-0.4, -0.2) is 37.0 Å².